The van der Waals surface area contributed by atoms with E-state index in [0.29, 0.717) is 5.69 Å². The van der Waals surface area contributed by atoms with E-state index in [1.165, 1.54) is 12.5 Å². The highest BCUT2D eigenvalue weighted by Gasteiger charge is 2.04. The number of allylic oxidation sites excluding steroid dienone is 1. The summed E-state index contributed by atoms with van der Waals surface area (Å²) in [6, 6.07) is 1.80. The standard InChI is InChI=1S/C7H5ClN4/c8-7(5(1-9)2-10)6-3-11-4-12-6/h1,3-4,9H,(H,11,12)/b7-5-,9-1?. The van der Waals surface area contributed by atoms with E-state index in [0.717, 1.165) is 6.21 Å². The fourth-order valence-corrected chi connectivity index (χ4v) is 0.866. The summed E-state index contributed by atoms with van der Waals surface area (Å²) < 4.78 is 0. The largest absolute Gasteiger partial charge is 0.344 e. The van der Waals surface area contributed by atoms with Crippen molar-refractivity contribution >= 4 is 22.8 Å². The molecule has 0 bridgehead atoms. The third-order valence-electron chi connectivity index (χ3n) is 1.24. The number of rotatable bonds is 2. The normalized spacial score (nSPS) is 11.7. The van der Waals surface area contributed by atoms with Crippen molar-refractivity contribution in [3.63, 3.8) is 0 Å². The van der Waals surface area contributed by atoms with Gasteiger partial charge in [0.15, 0.2) is 0 Å². The quantitative estimate of drug-likeness (QED) is 0.535. The average molecular weight is 181 g/mol. The maximum atomic E-state index is 8.52. The van der Waals surface area contributed by atoms with Crippen LogP contribution in [0.4, 0.5) is 0 Å². The Morgan fingerprint density at radius 2 is 2.58 bits per heavy atom. The molecule has 1 aromatic rings. The number of H-pyrrole nitrogens is 1. The fourth-order valence-electron chi connectivity index (χ4n) is 0.666. The zero-order valence-electron chi connectivity index (χ0n) is 6.00. The second-order valence-electron chi connectivity index (χ2n) is 1.95. The van der Waals surface area contributed by atoms with Gasteiger partial charge in [-0.05, 0) is 0 Å². The summed E-state index contributed by atoms with van der Waals surface area (Å²) in [4.78, 5) is 6.47. The highest BCUT2D eigenvalue weighted by molar-refractivity contribution is 6.50. The van der Waals surface area contributed by atoms with Crippen LogP contribution in [-0.4, -0.2) is 16.2 Å². The van der Waals surface area contributed by atoms with Gasteiger partial charge < -0.3 is 10.4 Å². The molecule has 0 aliphatic heterocycles. The van der Waals surface area contributed by atoms with Crippen LogP contribution >= 0.6 is 11.6 Å². The summed E-state index contributed by atoms with van der Waals surface area (Å²) in [5.74, 6) is 0. The van der Waals surface area contributed by atoms with E-state index in [2.05, 4.69) is 9.97 Å². The molecule has 4 nitrogen and oxygen atoms in total. The molecule has 60 valence electrons. The van der Waals surface area contributed by atoms with Gasteiger partial charge >= 0.3 is 0 Å². The Bertz CT molecular complexity index is 344. The summed E-state index contributed by atoms with van der Waals surface area (Å²) in [6.07, 6.45) is 3.85. The molecule has 0 saturated heterocycles. The van der Waals surface area contributed by atoms with Crippen LogP contribution in [0.1, 0.15) is 5.69 Å². The van der Waals surface area contributed by atoms with Crippen molar-refractivity contribution in [1.29, 1.82) is 10.7 Å². The van der Waals surface area contributed by atoms with Crippen molar-refractivity contribution in [3.05, 3.63) is 23.8 Å². The minimum Gasteiger partial charge on any atom is -0.344 e. The van der Waals surface area contributed by atoms with Crippen LogP contribution in [0, 0.1) is 16.7 Å². The van der Waals surface area contributed by atoms with Gasteiger partial charge in [0, 0.05) is 6.21 Å². The molecule has 0 saturated carbocycles. The van der Waals surface area contributed by atoms with Gasteiger partial charge in [-0.3, -0.25) is 0 Å². The fraction of sp³-hybridized carbons (Fsp3) is 0. The topological polar surface area (TPSA) is 76.3 Å². The number of halogens is 1. The first kappa shape index (κ1) is 8.50. The molecule has 12 heavy (non-hydrogen) atoms. The first-order valence-corrected chi connectivity index (χ1v) is 3.46. The van der Waals surface area contributed by atoms with Gasteiger partial charge in [0.25, 0.3) is 0 Å². The lowest BCUT2D eigenvalue weighted by atomic mass is 10.2. The predicted octanol–water partition coefficient (Wildman–Crippen LogP) is 1.53. The number of nitrogens with one attached hydrogen (secondary N) is 2. The summed E-state index contributed by atoms with van der Waals surface area (Å²) in [7, 11) is 0. The predicted molar refractivity (Wildman–Crippen MR) is 45.8 cm³/mol. The summed E-state index contributed by atoms with van der Waals surface area (Å²) in [5, 5.41) is 15.6. The Morgan fingerprint density at radius 3 is 3.00 bits per heavy atom. The SMILES string of the molecule is N#C/C(C=N)=C(\Cl)c1cnc[nH]1. The molecular formula is C7H5ClN4. The number of aromatic amines is 1. The van der Waals surface area contributed by atoms with Gasteiger partial charge in [0.1, 0.15) is 6.07 Å². The molecule has 5 heteroatoms. The van der Waals surface area contributed by atoms with Crippen LogP contribution in [0.15, 0.2) is 18.1 Å². The third kappa shape index (κ3) is 1.52. The average Bonchev–Trinajstić information content (AvgIpc) is 2.58. The molecule has 0 unspecified atom stereocenters. The van der Waals surface area contributed by atoms with Crippen LogP contribution in [0.25, 0.3) is 5.03 Å². The van der Waals surface area contributed by atoms with E-state index >= 15 is 0 Å². The van der Waals surface area contributed by atoms with E-state index in [1.54, 1.807) is 6.07 Å². The Labute approximate surface area is 74.0 Å². The van der Waals surface area contributed by atoms with E-state index in [1.807, 2.05) is 0 Å². The van der Waals surface area contributed by atoms with E-state index in [9.17, 15) is 0 Å². The lowest BCUT2D eigenvalue weighted by Gasteiger charge is -1.93. The molecule has 1 rings (SSSR count). The van der Waals surface area contributed by atoms with Crippen LogP contribution in [0.2, 0.25) is 0 Å². The summed E-state index contributed by atoms with van der Waals surface area (Å²) in [6.45, 7) is 0. The molecule has 0 aliphatic rings. The van der Waals surface area contributed by atoms with Crippen molar-refractivity contribution in [2.75, 3.05) is 0 Å². The second kappa shape index (κ2) is 3.69. The molecule has 1 aromatic heterocycles. The van der Waals surface area contributed by atoms with Crippen LogP contribution in [0.5, 0.6) is 0 Å². The smallest absolute Gasteiger partial charge is 0.102 e. The Morgan fingerprint density at radius 1 is 1.83 bits per heavy atom. The third-order valence-corrected chi connectivity index (χ3v) is 1.64. The maximum Gasteiger partial charge on any atom is 0.102 e. The molecule has 1 heterocycles. The van der Waals surface area contributed by atoms with E-state index < -0.39 is 0 Å². The zero-order chi connectivity index (χ0) is 8.97. The molecule has 0 aromatic carbocycles. The number of imidazole rings is 1. The van der Waals surface area contributed by atoms with Crippen molar-refractivity contribution < 1.29 is 0 Å². The van der Waals surface area contributed by atoms with Gasteiger partial charge in [0.2, 0.25) is 0 Å². The van der Waals surface area contributed by atoms with Crippen molar-refractivity contribution in [1.82, 2.24) is 9.97 Å². The Hall–Kier alpha value is -1.60. The van der Waals surface area contributed by atoms with Crippen molar-refractivity contribution in [2.24, 2.45) is 0 Å². The molecule has 0 fully saturated rings. The number of aromatic nitrogens is 2. The van der Waals surface area contributed by atoms with Gasteiger partial charge in [0.05, 0.1) is 28.8 Å². The van der Waals surface area contributed by atoms with E-state index in [4.69, 9.17) is 22.3 Å². The van der Waals surface area contributed by atoms with Crippen molar-refractivity contribution in [3.8, 4) is 6.07 Å². The minimum absolute atomic E-state index is 0.112. The summed E-state index contributed by atoms with van der Waals surface area (Å²) in [5.41, 5.74) is 0.651. The number of nitriles is 1. The minimum atomic E-state index is 0.112. The lowest BCUT2D eigenvalue weighted by molar-refractivity contribution is 1.30. The van der Waals surface area contributed by atoms with Crippen LogP contribution in [-0.2, 0) is 0 Å². The highest BCUT2D eigenvalue weighted by Crippen LogP contribution is 2.18. The molecule has 0 amide bonds. The monoisotopic (exact) mass is 180 g/mol. The highest BCUT2D eigenvalue weighted by atomic mass is 35.5. The molecule has 0 radical (unpaired) electrons. The molecule has 0 atom stereocenters. The Balaban J connectivity index is 3.13. The molecule has 0 aliphatic carbocycles. The number of hydrogen-bond donors (Lipinski definition) is 2. The molecule has 0 spiro atoms. The van der Waals surface area contributed by atoms with E-state index in [-0.39, 0.29) is 10.6 Å². The van der Waals surface area contributed by atoms with Gasteiger partial charge in [-0.1, -0.05) is 11.6 Å². The first-order valence-electron chi connectivity index (χ1n) is 3.08. The second-order valence-corrected chi connectivity index (χ2v) is 2.33. The van der Waals surface area contributed by atoms with Crippen molar-refractivity contribution in [2.45, 2.75) is 0 Å². The molecular weight excluding hydrogens is 176 g/mol. The van der Waals surface area contributed by atoms with Crippen LogP contribution in [0.3, 0.4) is 0 Å². The van der Waals surface area contributed by atoms with Crippen LogP contribution < -0.4 is 0 Å². The Kier molecular flexibility index (Phi) is 2.62. The molecule has 2 N–H and O–H groups in total. The maximum absolute atomic E-state index is 8.52. The number of nitrogens with zero attached hydrogens (tertiary/aromatic N) is 2. The lowest BCUT2D eigenvalue weighted by Crippen LogP contribution is -1.84. The van der Waals surface area contributed by atoms with Gasteiger partial charge in [-0.25, -0.2) is 4.98 Å². The summed E-state index contributed by atoms with van der Waals surface area (Å²) >= 11 is 5.75. The zero-order valence-corrected chi connectivity index (χ0v) is 6.76. The number of hydrogen-bond acceptors (Lipinski definition) is 3. The van der Waals surface area contributed by atoms with Gasteiger partial charge in [-0.2, -0.15) is 5.26 Å². The first-order chi connectivity index (χ1) is 5.79. The van der Waals surface area contributed by atoms with Gasteiger partial charge in [-0.15, -0.1) is 0 Å².